The number of sulfonamides is 2. The van der Waals surface area contributed by atoms with Gasteiger partial charge in [0.25, 0.3) is 20.0 Å². The molecule has 2 aromatic carbocycles. The van der Waals surface area contributed by atoms with Crippen molar-refractivity contribution < 1.29 is 25.6 Å². The Bertz CT molecular complexity index is 1110. The van der Waals surface area contributed by atoms with Crippen molar-refractivity contribution in [2.24, 2.45) is 0 Å². The van der Waals surface area contributed by atoms with Crippen LogP contribution in [0.15, 0.2) is 82.8 Å². The Kier molecular flexibility index (Phi) is 4.94. The minimum Gasteiger partial charge on any atom is -0.262 e. The van der Waals surface area contributed by atoms with Crippen LogP contribution >= 0.6 is 0 Å². The molecule has 0 spiro atoms. The summed E-state index contributed by atoms with van der Waals surface area (Å²) < 4.78 is 80.4. The van der Waals surface area contributed by atoms with Gasteiger partial charge in [0.1, 0.15) is 21.4 Å². The van der Waals surface area contributed by atoms with E-state index in [1.807, 2.05) is 0 Å². The van der Waals surface area contributed by atoms with Crippen LogP contribution in [0.4, 0.5) is 14.5 Å². The summed E-state index contributed by atoms with van der Waals surface area (Å²) >= 11 is 0. The van der Waals surface area contributed by atoms with Crippen molar-refractivity contribution in [2.75, 3.05) is 3.71 Å². The second kappa shape index (κ2) is 7.05. The van der Waals surface area contributed by atoms with Crippen LogP contribution in [0.5, 0.6) is 0 Å². The highest BCUT2D eigenvalue weighted by molar-refractivity contribution is 8.10. The lowest BCUT2D eigenvalue weighted by atomic mass is 10.3. The lowest BCUT2D eigenvalue weighted by Crippen LogP contribution is -2.38. The number of halogens is 2. The summed E-state index contributed by atoms with van der Waals surface area (Å²) in [5, 5.41) is 0. The Hall–Kier alpha value is -2.85. The summed E-state index contributed by atoms with van der Waals surface area (Å²) in [6.45, 7) is 0. The lowest BCUT2D eigenvalue weighted by molar-refractivity contribution is 0.559. The van der Waals surface area contributed by atoms with Crippen molar-refractivity contribution in [3.63, 3.8) is 0 Å². The molecular weight excluding hydrogens is 398 g/mol. The maximum atomic E-state index is 14.1. The van der Waals surface area contributed by atoms with Crippen LogP contribution < -0.4 is 3.71 Å². The number of anilines is 1. The van der Waals surface area contributed by atoms with E-state index in [0.717, 1.165) is 36.5 Å². The maximum absolute atomic E-state index is 14.1. The van der Waals surface area contributed by atoms with Gasteiger partial charge in [-0.05, 0) is 36.4 Å². The van der Waals surface area contributed by atoms with E-state index in [9.17, 15) is 25.6 Å². The Morgan fingerprint density at radius 2 is 1.19 bits per heavy atom. The van der Waals surface area contributed by atoms with Crippen LogP contribution in [0, 0.1) is 11.6 Å². The second-order valence-electron chi connectivity index (χ2n) is 5.28. The predicted molar refractivity (Wildman–Crippen MR) is 93.9 cm³/mol. The number of hydrogen-bond donors (Lipinski definition) is 0. The molecule has 3 rings (SSSR count). The SMILES string of the molecule is O=S(=O)(c1ccccc1F)N(c1cccnc1)S(=O)(=O)c1ccccc1F. The first-order valence-corrected chi connectivity index (χ1v) is 10.3. The van der Waals surface area contributed by atoms with E-state index in [2.05, 4.69) is 4.98 Å². The molecule has 0 unspecified atom stereocenters. The van der Waals surface area contributed by atoms with E-state index in [4.69, 9.17) is 0 Å². The van der Waals surface area contributed by atoms with E-state index < -0.39 is 41.5 Å². The monoisotopic (exact) mass is 410 g/mol. The average molecular weight is 410 g/mol. The molecule has 1 heterocycles. The number of hydrogen-bond acceptors (Lipinski definition) is 5. The third-order valence-electron chi connectivity index (χ3n) is 3.52. The molecule has 0 atom stereocenters. The van der Waals surface area contributed by atoms with Crippen LogP contribution in [0.2, 0.25) is 0 Å². The third-order valence-corrected chi connectivity index (χ3v) is 7.77. The number of rotatable bonds is 5. The van der Waals surface area contributed by atoms with Crippen molar-refractivity contribution in [1.82, 2.24) is 4.98 Å². The van der Waals surface area contributed by atoms with E-state index in [1.54, 1.807) is 0 Å². The summed E-state index contributed by atoms with van der Waals surface area (Å²) in [7, 11) is -9.89. The predicted octanol–water partition coefficient (Wildman–Crippen LogP) is 2.94. The molecule has 0 saturated carbocycles. The molecule has 0 aliphatic heterocycles. The molecule has 0 bridgehead atoms. The number of nitrogens with zero attached hydrogens (tertiary/aromatic N) is 2. The summed E-state index contributed by atoms with van der Waals surface area (Å²) in [6.07, 6.45) is 2.27. The van der Waals surface area contributed by atoms with Crippen LogP contribution in [0.1, 0.15) is 0 Å². The Morgan fingerprint density at radius 3 is 1.59 bits per heavy atom. The molecule has 10 heteroatoms. The van der Waals surface area contributed by atoms with Gasteiger partial charge < -0.3 is 0 Å². The summed E-state index contributed by atoms with van der Waals surface area (Å²) in [5.74, 6) is -2.29. The van der Waals surface area contributed by atoms with Crippen molar-refractivity contribution in [3.05, 3.63) is 84.7 Å². The standard InChI is InChI=1S/C17H12F2N2O4S2/c18-14-7-1-3-9-16(14)26(22,23)21(13-6-5-11-20-12-13)27(24,25)17-10-4-2-8-15(17)19/h1-12H. The van der Waals surface area contributed by atoms with Gasteiger partial charge in [0.15, 0.2) is 0 Å². The summed E-state index contributed by atoms with van der Waals surface area (Å²) in [5.41, 5.74) is -0.385. The van der Waals surface area contributed by atoms with Crippen molar-refractivity contribution in [2.45, 2.75) is 9.79 Å². The molecule has 27 heavy (non-hydrogen) atoms. The maximum Gasteiger partial charge on any atom is 0.280 e. The smallest absolute Gasteiger partial charge is 0.262 e. The first-order chi connectivity index (χ1) is 12.8. The zero-order valence-electron chi connectivity index (χ0n) is 13.5. The lowest BCUT2D eigenvalue weighted by Gasteiger charge is -2.24. The van der Waals surface area contributed by atoms with Gasteiger partial charge in [0.05, 0.1) is 11.9 Å². The van der Waals surface area contributed by atoms with Gasteiger partial charge in [-0.15, -0.1) is 0 Å². The molecule has 140 valence electrons. The second-order valence-corrected chi connectivity index (χ2v) is 9.02. The fourth-order valence-electron chi connectivity index (χ4n) is 2.35. The van der Waals surface area contributed by atoms with Crippen LogP contribution in [0.3, 0.4) is 0 Å². The van der Waals surface area contributed by atoms with Crippen LogP contribution in [-0.4, -0.2) is 21.8 Å². The van der Waals surface area contributed by atoms with Gasteiger partial charge in [-0.2, -0.15) is 20.5 Å². The number of aromatic nitrogens is 1. The van der Waals surface area contributed by atoms with E-state index in [0.29, 0.717) is 0 Å². The van der Waals surface area contributed by atoms with E-state index >= 15 is 0 Å². The molecule has 0 amide bonds. The molecule has 6 nitrogen and oxygen atoms in total. The topological polar surface area (TPSA) is 84.4 Å². The minimum atomic E-state index is -4.94. The Morgan fingerprint density at radius 1 is 0.704 bits per heavy atom. The zero-order valence-corrected chi connectivity index (χ0v) is 15.2. The summed E-state index contributed by atoms with van der Waals surface area (Å²) in [4.78, 5) is 1.97. The molecular formula is C17H12F2N2O4S2. The molecule has 0 saturated heterocycles. The molecule has 0 fully saturated rings. The highest BCUT2D eigenvalue weighted by Crippen LogP contribution is 2.31. The van der Waals surface area contributed by atoms with E-state index in [-0.39, 0.29) is 9.40 Å². The minimum absolute atomic E-state index is 0.0240. The van der Waals surface area contributed by atoms with Gasteiger partial charge in [0, 0.05) is 6.20 Å². The van der Waals surface area contributed by atoms with E-state index in [1.165, 1.54) is 36.5 Å². The molecule has 0 aliphatic rings. The number of benzene rings is 2. The van der Waals surface area contributed by atoms with Crippen LogP contribution in [0.25, 0.3) is 0 Å². The normalized spacial score (nSPS) is 11.9. The molecule has 1 aromatic heterocycles. The zero-order chi connectivity index (χ0) is 19.7. The quantitative estimate of drug-likeness (QED) is 0.646. The fourth-order valence-corrected chi connectivity index (χ4v) is 6.13. The molecule has 3 aromatic rings. The van der Waals surface area contributed by atoms with Crippen molar-refractivity contribution >= 4 is 25.7 Å². The average Bonchev–Trinajstić information content (AvgIpc) is 2.62. The Balaban J connectivity index is 2.32. The Labute approximate surface area is 154 Å². The van der Waals surface area contributed by atoms with Gasteiger partial charge in [0.2, 0.25) is 0 Å². The third kappa shape index (κ3) is 3.40. The first kappa shape index (κ1) is 18.9. The van der Waals surface area contributed by atoms with Gasteiger partial charge >= 0.3 is 0 Å². The molecule has 0 radical (unpaired) electrons. The largest absolute Gasteiger partial charge is 0.280 e. The van der Waals surface area contributed by atoms with Gasteiger partial charge in [-0.3, -0.25) is 4.98 Å². The van der Waals surface area contributed by atoms with Gasteiger partial charge in [-0.1, -0.05) is 24.3 Å². The highest BCUT2D eigenvalue weighted by atomic mass is 32.3. The van der Waals surface area contributed by atoms with Crippen molar-refractivity contribution in [3.8, 4) is 0 Å². The summed E-state index contributed by atoms with van der Waals surface area (Å²) in [6, 6.07) is 11.1. The molecule has 0 N–H and O–H groups in total. The van der Waals surface area contributed by atoms with Crippen molar-refractivity contribution in [1.29, 1.82) is 0 Å². The highest BCUT2D eigenvalue weighted by Gasteiger charge is 2.39. The first-order valence-electron chi connectivity index (χ1n) is 7.46. The van der Waals surface area contributed by atoms with Gasteiger partial charge in [-0.25, -0.2) is 8.78 Å². The number of pyridine rings is 1. The fraction of sp³-hybridized carbons (Fsp3) is 0. The van der Waals surface area contributed by atoms with Crippen LogP contribution in [-0.2, 0) is 20.0 Å². The molecule has 0 aliphatic carbocycles.